The number of aryl methyl sites for hydroxylation is 1. The molecule has 0 aliphatic carbocycles. The van der Waals surface area contributed by atoms with Crippen molar-refractivity contribution in [3.63, 3.8) is 0 Å². The van der Waals surface area contributed by atoms with Gasteiger partial charge in [0.2, 0.25) is 0 Å². The van der Waals surface area contributed by atoms with E-state index in [0.29, 0.717) is 11.1 Å². The molecule has 0 N–H and O–H groups in total. The van der Waals surface area contributed by atoms with E-state index in [0.717, 1.165) is 66.1 Å². The van der Waals surface area contributed by atoms with E-state index in [9.17, 15) is 10.5 Å². The number of benzene rings is 5. The second-order valence-electron chi connectivity index (χ2n) is 9.30. The number of rotatable bonds is 2. The molecule has 0 fully saturated rings. The summed E-state index contributed by atoms with van der Waals surface area (Å²) in [6.07, 6.45) is 0. The van der Waals surface area contributed by atoms with Gasteiger partial charge in [-0.2, -0.15) is 10.5 Å². The quantitative estimate of drug-likeness (QED) is 0.253. The zero-order valence-corrected chi connectivity index (χ0v) is 20.0. The number of hydrogen-bond donors (Lipinski definition) is 0. The minimum atomic E-state index is 0.593. The molecule has 4 nitrogen and oxygen atoms in total. The van der Waals surface area contributed by atoms with E-state index < -0.39 is 0 Å². The van der Waals surface area contributed by atoms with Gasteiger partial charge in [0.15, 0.2) is 0 Å². The van der Waals surface area contributed by atoms with Crippen LogP contribution < -0.4 is 0 Å². The Bertz CT molecular complexity index is 2060. The topological polar surface area (TPSA) is 65.7 Å². The standard InChI is InChI=1S/C33H19N3O/c1-20-5-4-7-30(33(20)23-11-14-32-27(17-23)24-6-2-3-8-31(24)37-32)36-28-12-9-21(18-34)15-25(28)26-16-22(19-35)10-13-29(26)36/h2-17H,1H3. The lowest BCUT2D eigenvalue weighted by molar-refractivity contribution is 0.669. The Labute approximate surface area is 212 Å². The fraction of sp³-hybridized carbons (Fsp3) is 0.0303. The van der Waals surface area contributed by atoms with Crippen LogP contribution in [0.4, 0.5) is 0 Å². The second-order valence-corrected chi connectivity index (χ2v) is 9.30. The van der Waals surface area contributed by atoms with Gasteiger partial charge in [-0.1, -0.05) is 36.4 Å². The molecule has 0 saturated heterocycles. The van der Waals surface area contributed by atoms with Crippen molar-refractivity contribution in [1.29, 1.82) is 10.5 Å². The number of para-hydroxylation sites is 1. The molecule has 0 amide bonds. The van der Waals surface area contributed by atoms with Gasteiger partial charge in [-0.25, -0.2) is 0 Å². The third kappa shape index (κ3) is 3.07. The van der Waals surface area contributed by atoms with Gasteiger partial charge >= 0.3 is 0 Å². The van der Waals surface area contributed by atoms with Crippen molar-refractivity contribution >= 4 is 43.7 Å². The maximum atomic E-state index is 9.55. The lowest BCUT2D eigenvalue weighted by Gasteiger charge is -2.16. The minimum absolute atomic E-state index is 0.593. The molecule has 0 spiro atoms. The van der Waals surface area contributed by atoms with E-state index in [1.807, 2.05) is 60.7 Å². The van der Waals surface area contributed by atoms with Gasteiger partial charge in [0.25, 0.3) is 0 Å². The Morgan fingerprint density at radius 2 is 1.30 bits per heavy atom. The molecule has 0 saturated carbocycles. The molecule has 0 aliphatic heterocycles. The van der Waals surface area contributed by atoms with Crippen molar-refractivity contribution in [1.82, 2.24) is 4.57 Å². The first-order valence-corrected chi connectivity index (χ1v) is 12.1. The predicted molar refractivity (Wildman–Crippen MR) is 148 cm³/mol. The highest BCUT2D eigenvalue weighted by atomic mass is 16.3. The lowest BCUT2D eigenvalue weighted by atomic mass is 9.96. The Morgan fingerprint density at radius 3 is 2.00 bits per heavy atom. The van der Waals surface area contributed by atoms with Gasteiger partial charge in [0.1, 0.15) is 11.2 Å². The Balaban J connectivity index is 1.57. The van der Waals surface area contributed by atoms with Crippen LogP contribution in [0.5, 0.6) is 0 Å². The molecule has 2 heterocycles. The fourth-order valence-electron chi connectivity index (χ4n) is 5.52. The summed E-state index contributed by atoms with van der Waals surface area (Å²) >= 11 is 0. The molecule has 0 aliphatic rings. The van der Waals surface area contributed by atoms with Gasteiger partial charge in [-0.15, -0.1) is 0 Å². The van der Waals surface area contributed by atoms with Crippen LogP contribution in [0.3, 0.4) is 0 Å². The maximum absolute atomic E-state index is 9.55. The van der Waals surface area contributed by atoms with E-state index in [4.69, 9.17) is 4.42 Å². The highest BCUT2D eigenvalue weighted by Gasteiger charge is 2.18. The Hall–Kier alpha value is -5.32. The largest absolute Gasteiger partial charge is 0.456 e. The van der Waals surface area contributed by atoms with Crippen molar-refractivity contribution in [2.45, 2.75) is 6.92 Å². The molecule has 0 bridgehead atoms. The molecular weight excluding hydrogens is 454 g/mol. The molecule has 7 aromatic rings. The average molecular weight is 474 g/mol. The molecular formula is C33H19N3O. The van der Waals surface area contributed by atoms with Crippen molar-refractivity contribution in [2.24, 2.45) is 0 Å². The highest BCUT2D eigenvalue weighted by molar-refractivity contribution is 6.11. The van der Waals surface area contributed by atoms with Crippen LogP contribution in [0.2, 0.25) is 0 Å². The van der Waals surface area contributed by atoms with E-state index in [1.165, 1.54) is 0 Å². The fourth-order valence-corrected chi connectivity index (χ4v) is 5.52. The highest BCUT2D eigenvalue weighted by Crippen LogP contribution is 2.40. The molecule has 5 aromatic carbocycles. The van der Waals surface area contributed by atoms with Crippen molar-refractivity contribution < 1.29 is 4.42 Å². The number of hydrogen-bond acceptors (Lipinski definition) is 3. The monoisotopic (exact) mass is 473 g/mol. The van der Waals surface area contributed by atoms with Crippen LogP contribution in [0.15, 0.2) is 101 Å². The van der Waals surface area contributed by atoms with E-state index in [-0.39, 0.29) is 0 Å². The van der Waals surface area contributed by atoms with Crippen LogP contribution in [0, 0.1) is 29.6 Å². The van der Waals surface area contributed by atoms with Crippen molar-refractivity contribution in [3.05, 3.63) is 114 Å². The molecule has 2 aromatic heterocycles. The van der Waals surface area contributed by atoms with Crippen LogP contribution in [-0.4, -0.2) is 4.57 Å². The van der Waals surface area contributed by atoms with Crippen LogP contribution in [0.25, 0.3) is 60.6 Å². The molecule has 172 valence electrons. The molecule has 0 atom stereocenters. The normalized spacial score (nSPS) is 11.3. The van der Waals surface area contributed by atoms with Gasteiger partial charge in [0.05, 0.1) is 40.0 Å². The molecule has 0 radical (unpaired) electrons. The maximum Gasteiger partial charge on any atom is 0.135 e. The van der Waals surface area contributed by atoms with E-state index in [1.54, 1.807) is 0 Å². The number of furan rings is 1. The van der Waals surface area contributed by atoms with Crippen LogP contribution in [0.1, 0.15) is 16.7 Å². The zero-order chi connectivity index (χ0) is 25.1. The second kappa shape index (κ2) is 7.85. The number of nitriles is 2. The summed E-state index contributed by atoms with van der Waals surface area (Å²) in [5.74, 6) is 0. The van der Waals surface area contributed by atoms with Crippen molar-refractivity contribution in [3.8, 4) is 29.0 Å². The summed E-state index contributed by atoms with van der Waals surface area (Å²) in [5, 5.41) is 23.2. The van der Waals surface area contributed by atoms with Gasteiger partial charge in [-0.05, 0) is 78.7 Å². The first kappa shape index (κ1) is 21.0. The van der Waals surface area contributed by atoms with Gasteiger partial charge in [0, 0.05) is 27.1 Å². The van der Waals surface area contributed by atoms with Crippen LogP contribution in [-0.2, 0) is 0 Å². The summed E-state index contributed by atoms with van der Waals surface area (Å²) in [7, 11) is 0. The Kier molecular flexibility index (Phi) is 4.46. The van der Waals surface area contributed by atoms with Gasteiger partial charge in [-0.3, -0.25) is 0 Å². The first-order chi connectivity index (χ1) is 18.2. The van der Waals surface area contributed by atoms with E-state index in [2.05, 4.69) is 60.0 Å². The SMILES string of the molecule is Cc1cccc(-n2c3ccc(C#N)cc3c3cc(C#N)ccc32)c1-c1ccc2oc3ccccc3c2c1. The first-order valence-electron chi connectivity index (χ1n) is 12.1. The number of nitrogens with zero attached hydrogens (tertiary/aromatic N) is 3. The van der Waals surface area contributed by atoms with Crippen LogP contribution >= 0.6 is 0 Å². The van der Waals surface area contributed by atoms with Crippen molar-refractivity contribution in [2.75, 3.05) is 0 Å². The molecule has 37 heavy (non-hydrogen) atoms. The summed E-state index contributed by atoms with van der Waals surface area (Å²) in [6.45, 7) is 2.13. The molecule has 4 heteroatoms. The lowest BCUT2D eigenvalue weighted by Crippen LogP contribution is -1.99. The summed E-state index contributed by atoms with van der Waals surface area (Å²) < 4.78 is 8.32. The third-order valence-electron chi connectivity index (χ3n) is 7.18. The van der Waals surface area contributed by atoms with E-state index >= 15 is 0 Å². The summed E-state index contributed by atoms with van der Waals surface area (Å²) in [4.78, 5) is 0. The Morgan fingerprint density at radius 1 is 0.622 bits per heavy atom. The summed E-state index contributed by atoms with van der Waals surface area (Å²) in [5.41, 5.74) is 9.34. The third-order valence-corrected chi connectivity index (χ3v) is 7.18. The smallest absolute Gasteiger partial charge is 0.135 e. The molecule has 7 rings (SSSR count). The number of fused-ring (bicyclic) bond motifs is 6. The average Bonchev–Trinajstić information content (AvgIpc) is 3.47. The zero-order valence-electron chi connectivity index (χ0n) is 20.0. The van der Waals surface area contributed by atoms with Gasteiger partial charge < -0.3 is 8.98 Å². The number of aromatic nitrogens is 1. The predicted octanol–water partition coefficient (Wildman–Crippen LogP) is 8.40. The minimum Gasteiger partial charge on any atom is -0.456 e. The summed E-state index contributed by atoms with van der Waals surface area (Å²) in [6, 6.07) is 36.9. The molecule has 0 unspecified atom stereocenters.